The first-order valence-electron chi connectivity index (χ1n) is 8.02. The summed E-state index contributed by atoms with van der Waals surface area (Å²) >= 11 is 0. The number of hydrogen-bond donors (Lipinski definition) is 2. The highest BCUT2D eigenvalue weighted by molar-refractivity contribution is 7.96. The maximum Gasteiger partial charge on any atom is 0.263 e. The van der Waals surface area contributed by atoms with Crippen molar-refractivity contribution in [2.24, 2.45) is 0 Å². The number of nitrogens with one attached hydrogen (secondary N) is 2. The van der Waals surface area contributed by atoms with Crippen LogP contribution in [0, 0.1) is 0 Å². The van der Waals surface area contributed by atoms with Crippen molar-refractivity contribution >= 4 is 27.7 Å². The second-order valence-electron chi connectivity index (χ2n) is 5.65. The van der Waals surface area contributed by atoms with Gasteiger partial charge in [-0.2, -0.15) is 0 Å². The third kappa shape index (κ3) is 3.65. The quantitative estimate of drug-likeness (QED) is 0.741. The summed E-state index contributed by atoms with van der Waals surface area (Å²) in [6.07, 6.45) is 4.92. The van der Waals surface area contributed by atoms with Crippen LogP contribution in [0.25, 0.3) is 6.08 Å². The predicted octanol–water partition coefficient (Wildman–Crippen LogP) is 1.15. The van der Waals surface area contributed by atoms with Gasteiger partial charge in [-0.15, -0.1) is 0 Å². The number of amides is 2. The van der Waals surface area contributed by atoms with Crippen molar-refractivity contribution < 1.29 is 18.0 Å². The van der Waals surface area contributed by atoms with Gasteiger partial charge in [0.2, 0.25) is 9.84 Å². The summed E-state index contributed by atoms with van der Waals surface area (Å²) in [5, 5.41) is 5.30. The van der Waals surface area contributed by atoms with E-state index >= 15 is 0 Å². The fourth-order valence-electron chi connectivity index (χ4n) is 2.55. The highest BCUT2D eigenvalue weighted by Crippen LogP contribution is 2.32. The molecule has 1 aliphatic rings. The molecule has 0 saturated heterocycles. The molecule has 0 atom stereocenters. The van der Waals surface area contributed by atoms with Crippen molar-refractivity contribution in [2.75, 3.05) is 13.1 Å². The lowest BCUT2D eigenvalue weighted by atomic mass is 10.2. The number of nitrogens with zero attached hydrogens (tertiary/aromatic N) is 1. The van der Waals surface area contributed by atoms with Crippen LogP contribution in [0.15, 0.2) is 58.6 Å². The Kier molecular flexibility index (Phi) is 5.13. The number of fused-ring (bicyclic) bond motifs is 1. The molecule has 0 radical (unpaired) electrons. The smallest absolute Gasteiger partial charge is 0.263 e. The van der Waals surface area contributed by atoms with Crippen molar-refractivity contribution in [1.82, 2.24) is 15.6 Å². The fraction of sp³-hybridized carbons (Fsp3) is 0.167. The Morgan fingerprint density at radius 2 is 1.58 bits per heavy atom. The number of pyridine rings is 1. The molecule has 134 valence electrons. The van der Waals surface area contributed by atoms with Gasteiger partial charge in [0.05, 0.1) is 4.90 Å². The average Bonchev–Trinajstić information content (AvgIpc) is 2.93. The first-order valence-corrected chi connectivity index (χ1v) is 9.51. The largest absolute Gasteiger partial charge is 0.352 e. The van der Waals surface area contributed by atoms with Gasteiger partial charge in [-0.3, -0.25) is 14.6 Å². The second kappa shape index (κ2) is 7.49. The van der Waals surface area contributed by atoms with Gasteiger partial charge in [0.15, 0.2) is 0 Å². The molecule has 0 spiro atoms. The molecule has 0 fully saturated rings. The molecule has 0 bridgehead atoms. The maximum atomic E-state index is 12.4. The minimum atomic E-state index is -3.76. The van der Waals surface area contributed by atoms with Crippen LogP contribution >= 0.6 is 0 Å². The van der Waals surface area contributed by atoms with Crippen LogP contribution in [-0.4, -0.2) is 38.3 Å². The van der Waals surface area contributed by atoms with E-state index in [0.717, 1.165) is 0 Å². The predicted molar refractivity (Wildman–Crippen MR) is 95.8 cm³/mol. The molecule has 7 nitrogen and oxygen atoms in total. The number of sulfone groups is 1. The highest BCUT2D eigenvalue weighted by atomic mass is 32.2. The molecule has 1 aromatic carbocycles. The van der Waals surface area contributed by atoms with Gasteiger partial charge in [-0.05, 0) is 36.3 Å². The van der Waals surface area contributed by atoms with Gasteiger partial charge in [-0.1, -0.05) is 18.2 Å². The summed E-state index contributed by atoms with van der Waals surface area (Å²) < 4.78 is 24.7. The fourth-order valence-corrected chi connectivity index (χ4v) is 4.08. The Balaban J connectivity index is 1.48. The van der Waals surface area contributed by atoms with E-state index in [4.69, 9.17) is 0 Å². The Hall–Kier alpha value is -3.00. The second-order valence-corrected chi connectivity index (χ2v) is 7.54. The Labute approximate surface area is 151 Å². The molecule has 8 heteroatoms. The van der Waals surface area contributed by atoms with Crippen molar-refractivity contribution in [1.29, 1.82) is 0 Å². The van der Waals surface area contributed by atoms with E-state index in [9.17, 15) is 18.0 Å². The summed E-state index contributed by atoms with van der Waals surface area (Å²) in [4.78, 5) is 27.8. The van der Waals surface area contributed by atoms with Crippen LogP contribution in [0.2, 0.25) is 0 Å². The van der Waals surface area contributed by atoms with Crippen molar-refractivity contribution in [3.05, 3.63) is 64.8 Å². The standard InChI is InChI=1S/C18H17N3O4S/c22-17(13-6-10-19-11-7-13)20-8-3-9-21-18(23)16-12-14-4-1-2-5-15(14)26(16,24)25/h1-2,4-7,10-12H,3,8-9H2,(H,20,22)(H,21,23). The number of benzene rings is 1. The normalized spacial score (nSPS) is 14.2. The molecule has 2 aromatic rings. The van der Waals surface area contributed by atoms with Crippen LogP contribution < -0.4 is 10.6 Å². The number of hydrogen-bond acceptors (Lipinski definition) is 5. The summed E-state index contributed by atoms with van der Waals surface area (Å²) in [6, 6.07) is 9.68. The lowest BCUT2D eigenvalue weighted by molar-refractivity contribution is -0.116. The van der Waals surface area contributed by atoms with Crippen LogP contribution in [-0.2, 0) is 14.6 Å². The molecule has 0 saturated carbocycles. The minimum absolute atomic E-state index is 0.148. The highest BCUT2D eigenvalue weighted by Gasteiger charge is 2.33. The van der Waals surface area contributed by atoms with Gasteiger partial charge < -0.3 is 10.6 Å². The molecule has 26 heavy (non-hydrogen) atoms. The van der Waals surface area contributed by atoms with E-state index in [1.807, 2.05) is 0 Å². The Bertz CT molecular complexity index is 969. The van der Waals surface area contributed by atoms with Crippen LogP contribution in [0.5, 0.6) is 0 Å². The van der Waals surface area contributed by atoms with E-state index < -0.39 is 15.7 Å². The summed E-state index contributed by atoms with van der Waals surface area (Å²) in [6.45, 7) is 0.603. The molecular formula is C18H17N3O4S. The van der Waals surface area contributed by atoms with E-state index in [1.54, 1.807) is 30.3 Å². The zero-order chi connectivity index (χ0) is 18.6. The lowest BCUT2D eigenvalue weighted by Gasteiger charge is -2.07. The number of carbonyl (C=O) groups is 2. The molecule has 0 aliphatic carbocycles. The summed E-state index contributed by atoms with van der Waals surface area (Å²) in [5.41, 5.74) is 1.02. The van der Waals surface area contributed by atoms with Crippen molar-refractivity contribution in [2.45, 2.75) is 11.3 Å². The molecule has 2 N–H and O–H groups in total. The van der Waals surface area contributed by atoms with Gasteiger partial charge in [0, 0.05) is 31.0 Å². The molecule has 2 amide bonds. The lowest BCUT2D eigenvalue weighted by Crippen LogP contribution is -2.31. The maximum absolute atomic E-state index is 12.4. The number of carbonyl (C=O) groups excluding carboxylic acids is 2. The first-order chi connectivity index (χ1) is 12.5. The van der Waals surface area contributed by atoms with Crippen LogP contribution in [0.4, 0.5) is 0 Å². The van der Waals surface area contributed by atoms with E-state index in [-0.39, 0.29) is 22.3 Å². The molecule has 1 aliphatic heterocycles. The monoisotopic (exact) mass is 371 g/mol. The molecule has 1 aromatic heterocycles. The van der Waals surface area contributed by atoms with Gasteiger partial charge >= 0.3 is 0 Å². The molecular weight excluding hydrogens is 354 g/mol. The molecule has 2 heterocycles. The summed E-state index contributed by atoms with van der Waals surface area (Å²) in [7, 11) is -3.76. The zero-order valence-corrected chi connectivity index (χ0v) is 14.6. The van der Waals surface area contributed by atoms with Gasteiger partial charge in [-0.25, -0.2) is 8.42 Å². The third-order valence-electron chi connectivity index (χ3n) is 3.88. The van der Waals surface area contributed by atoms with Crippen molar-refractivity contribution in [3.8, 4) is 0 Å². The average molecular weight is 371 g/mol. The molecule has 0 unspecified atom stereocenters. The van der Waals surface area contributed by atoms with Gasteiger partial charge in [0.25, 0.3) is 11.8 Å². The third-order valence-corrected chi connectivity index (χ3v) is 5.71. The SMILES string of the molecule is O=C(NCCCNC(=O)c1ccncc1)C1=Cc2ccccc2S1(=O)=O. The number of aromatic nitrogens is 1. The Morgan fingerprint density at radius 1 is 0.923 bits per heavy atom. The minimum Gasteiger partial charge on any atom is -0.352 e. The number of rotatable bonds is 6. The van der Waals surface area contributed by atoms with Crippen LogP contribution in [0.3, 0.4) is 0 Å². The van der Waals surface area contributed by atoms with E-state index in [2.05, 4.69) is 15.6 Å². The summed E-state index contributed by atoms with van der Waals surface area (Å²) in [5.74, 6) is -0.864. The van der Waals surface area contributed by atoms with E-state index in [1.165, 1.54) is 24.5 Å². The van der Waals surface area contributed by atoms with E-state index in [0.29, 0.717) is 24.1 Å². The molecule has 3 rings (SSSR count). The first kappa shape index (κ1) is 17.8. The Morgan fingerprint density at radius 3 is 2.27 bits per heavy atom. The van der Waals surface area contributed by atoms with Crippen molar-refractivity contribution in [3.63, 3.8) is 0 Å². The van der Waals surface area contributed by atoms with Gasteiger partial charge in [0.1, 0.15) is 4.91 Å². The van der Waals surface area contributed by atoms with Crippen LogP contribution in [0.1, 0.15) is 22.3 Å². The zero-order valence-electron chi connectivity index (χ0n) is 13.8. The topological polar surface area (TPSA) is 105 Å².